The van der Waals surface area contributed by atoms with Gasteiger partial charge in [-0.05, 0) is 49.8 Å². The summed E-state index contributed by atoms with van der Waals surface area (Å²) < 4.78 is 24.6. The van der Waals surface area contributed by atoms with E-state index in [1.54, 1.807) is 6.07 Å². The van der Waals surface area contributed by atoms with Crippen molar-refractivity contribution in [2.45, 2.75) is 43.7 Å². The van der Waals surface area contributed by atoms with Crippen molar-refractivity contribution in [1.82, 2.24) is 10.3 Å². The Morgan fingerprint density at radius 3 is 2.85 bits per heavy atom. The summed E-state index contributed by atoms with van der Waals surface area (Å²) in [6.07, 6.45) is 3.95. The third kappa shape index (κ3) is 3.19. The molecular formula is C19H21FN2O4. The number of aliphatic hydroxyl groups excluding tert-OH is 1. The third-order valence-electron chi connectivity index (χ3n) is 5.19. The average Bonchev–Trinajstić information content (AvgIpc) is 3.33. The van der Waals surface area contributed by atoms with E-state index < -0.39 is 18.0 Å². The molecule has 0 unspecified atom stereocenters. The number of hydrogen-bond donors (Lipinski definition) is 2. The molecule has 0 spiro atoms. The number of rotatable bonds is 6. The molecule has 6 nitrogen and oxygen atoms in total. The molecule has 138 valence electrons. The Morgan fingerprint density at radius 1 is 1.42 bits per heavy atom. The molecule has 4 rings (SSSR count). The van der Waals surface area contributed by atoms with E-state index in [0.29, 0.717) is 29.9 Å². The molecule has 0 bridgehead atoms. The normalized spacial score (nSPS) is 23.2. The van der Waals surface area contributed by atoms with Gasteiger partial charge in [0.15, 0.2) is 12.1 Å². The van der Waals surface area contributed by atoms with Gasteiger partial charge >= 0.3 is 0 Å². The summed E-state index contributed by atoms with van der Waals surface area (Å²) in [5, 5.41) is 12.7. The van der Waals surface area contributed by atoms with Gasteiger partial charge in [-0.2, -0.15) is 0 Å². The first-order valence-electron chi connectivity index (χ1n) is 8.82. The fraction of sp³-hybridized carbons (Fsp3) is 0.474. The van der Waals surface area contributed by atoms with Crippen LogP contribution in [0.4, 0.5) is 4.39 Å². The Bertz CT molecular complexity index is 812. The van der Waals surface area contributed by atoms with Crippen LogP contribution in [0.5, 0.6) is 5.75 Å². The maximum atomic E-state index is 13.8. The van der Waals surface area contributed by atoms with Crippen LogP contribution in [-0.4, -0.2) is 29.2 Å². The first-order valence-corrected chi connectivity index (χ1v) is 8.82. The zero-order valence-electron chi connectivity index (χ0n) is 14.4. The van der Waals surface area contributed by atoms with Crippen LogP contribution >= 0.6 is 0 Å². The standard InChI is InChI=1S/C19H21FN2O4/c1-25-15-5-4-12(20)8-14(15)16(11-6-13(23)7-11)22-19(24)17-18(10-2-3-10)26-9-21-17/h4-5,8-11,13,16,23H,2-3,6-7H2,1H3,(H,22,24)/t11?,13?,16-/m1/s1. The largest absolute Gasteiger partial charge is 0.496 e. The van der Waals surface area contributed by atoms with Gasteiger partial charge in [-0.15, -0.1) is 0 Å². The van der Waals surface area contributed by atoms with Crippen LogP contribution in [-0.2, 0) is 0 Å². The number of halogens is 1. The van der Waals surface area contributed by atoms with E-state index in [0.717, 1.165) is 12.8 Å². The van der Waals surface area contributed by atoms with Crippen molar-refractivity contribution in [3.05, 3.63) is 47.4 Å². The number of carbonyl (C=O) groups excluding carboxylic acids is 1. The van der Waals surface area contributed by atoms with Crippen LogP contribution < -0.4 is 10.1 Å². The number of amides is 1. The lowest BCUT2D eigenvalue weighted by Crippen LogP contribution is -2.41. The summed E-state index contributed by atoms with van der Waals surface area (Å²) in [7, 11) is 1.51. The van der Waals surface area contributed by atoms with Gasteiger partial charge in [-0.1, -0.05) is 0 Å². The molecule has 0 aliphatic heterocycles. The van der Waals surface area contributed by atoms with Crippen LogP contribution in [0.1, 0.15) is 59.5 Å². The first kappa shape index (κ1) is 17.0. The molecule has 2 aliphatic rings. The maximum absolute atomic E-state index is 13.8. The predicted molar refractivity (Wildman–Crippen MR) is 90.4 cm³/mol. The second kappa shape index (κ2) is 6.72. The molecule has 0 radical (unpaired) electrons. The molecule has 7 heteroatoms. The topological polar surface area (TPSA) is 84.6 Å². The number of aromatic nitrogens is 1. The Kier molecular flexibility index (Phi) is 4.40. The minimum atomic E-state index is -0.472. The molecule has 2 saturated carbocycles. The number of methoxy groups -OCH3 is 1. The highest BCUT2D eigenvalue weighted by atomic mass is 19.1. The molecular weight excluding hydrogens is 339 g/mol. The van der Waals surface area contributed by atoms with Crippen molar-refractivity contribution in [3.63, 3.8) is 0 Å². The smallest absolute Gasteiger partial charge is 0.274 e. The van der Waals surface area contributed by atoms with Gasteiger partial charge in [-0.25, -0.2) is 9.37 Å². The number of hydrogen-bond acceptors (Lipinski definition) is 5. The second-order valence-electron chi connectivity index (χ2n) is 7.06. The van der Waals surface area contributed by atoms with Crippen LogP contribution in [0.15, 0.2) is 29.0 Å². The molecule has 1 aromatic carbocycles. The summed E-state index contributed by atoms with van der Waals surface area (Å²) in [4.78, 5) is 16.9. The van der Waals surface area contributed by atoms with Crippen molar-refractivity contribution >= 4 is 5.91 Å². The summed E-state index contributed by atoms with van der Waals surface area (Å²) in [5.74, 6) is 0.618. The van der Waals surface area contributed by atoms with E-state index in [-0.39, 0.29) is 23.4 Å². The second-order valence-corrected chi connectivity index (χ2v) is 7.06. The zero-order valence-corrected chi connectivity index (χ0v) is 14.4. The van der Waals surface area contributed by atoms with Gasteiger partial charge in [0, 0.05) is 11.5 Å². The van der Waals surface area contributed by atoms with E-state index in [1.807, 2.05) is 0 Å². The summed E-state index contributed by atoms with van der Waals surface area (Å²) in [6, 6.07) is 3.77. The predicted octanol–water partition coefficient (Wildman–Crippen LogP) is 2.94. The van der Waals surface area contributed by atoms with Crippen molar-refractivity contribution in [2.75, 3.05) is 7.11 Å². The number of ether oxygens (including phenoxy) is 1. The molecule has 1 amide bonds. The lowest BCUT2D eigenvalue weighted by atomic mass is 9.74. The van der Waals surface area contributed by atoms with Gasteiger partial charge < -0.3 is 19.6 Å². The van der Waals surface area contributed by atoms with Crippen molar-refractivity contribution < 1.29 is 23.4 Å². The van der Waals surface area contributed by atoms with Crippen molar-refractivity contribution in [1.29, 1.82) is 0 Å². The van der Waals surface area contributed by atoms with Crippen LogP contribution in [0.25, 0.3) is 0 Å². The van der Waals surface area contributed by atoms with E-state index in [1.165, 1.54) is 25.6 Å². The molecule has 26 heavy (non-hydrogen) atoms. The molecule has 2 aliphatic carbocycles. The highest BCUT2D eigenvalue weighted by Gasteiger charge is 2.39. The minimum Gasteiger partial charge on any atom is -0.496 e. The van der Waals surface area contributed by atoms with E-state index in [4.69, 9.17) is 9.15 Å². The Hall–Kier alpha value is -2.41. The quantitative estimate of drug-likeness (QED) is 0.827. The average molecular weight is 360 g/mol. The molecule has 1 atom stereocenters. The van der Waals surface area contributed by atoms with Gasteiger partial charge in [0.1, 0.15) is 17.3 Å². The maximum Gasteiger partial charge on any atom is 0.274 e. The van der Waals surface area contributed by atoms with Crippen molar-refractivity contribution in [2.24, 2.45) is 5.92 Å². The number of nitrogens with one attached hydrogen (secondary N) is 1. The van der Waals surface area contributed by atoms with Crippen LogP contribution in [0.2, 0.25) is 0 Å². The van der Waals surface area contributed by atoms with Gasteiger partial charge in [-0.3, -0.25) is 4.79 Å². The minimum absolute atomic E-state index is 0.000857. The lowest BCUT2D eigenvalue weighted by molar-refractivity contribution is 0.0230. The first-order chi connectivity index (χ1) is 12.6. The van der Waals surface area contributed by atoms with Gasteiger partial charge in [0.25, 0.3) is 5.91 Å². The summed E-state index contributed by atoms with van der Waals surface area (Å²) >= 11 is 0. The lowest BCUT2D eigenvalue weighted by Gasteiger charge is -2.38. The van der Waals surface area contributed by atoms with E-state index >= 15 is 0 Å². The molecule has 0 saturated heterocycles. The SMILES string of the molecule is COc1ccc(F)cc1[C@H](NC(=O)c1ncoc1C1CC1)C1CC(O)C1. The number of carbonyl (C=O) groups is 1. The van der Waals surface area contributed by atoms with Crippen LogP contribution in [0.3, 0.4) is 0 Å². The zero-order chi connectivity index (χ0) is 18.3. The van der Waals surface area contributed by atoms with Crippen LogP contribution in [0, 0.1) is 11.7 Å². The van der Waals surface area contributed by atoms with Crippen molar-refractivity contribution in [3.8, 4) is 5.75 Å². The molecule has 2 N–H and O–H groups in total. The fourth-order valence-electron chi connectivity index (χ4n) is 3.57. The number of oxazole rings is 1. The van der Waals surface area contributed by atoms with Gasteiger partial charge in [0.05, 0.1) is 19.3 Å². The summed E-state index contributed by atoms with van der Waals surface area (Å²) in [5.41, 5.74) is 0.849. The molecule has 1 heterocycles. The Labute approximate surface area is 150 Å². The number of nitrogens with zero attached hydrogens (tertiary/aromatic N) is 1. The number of aliphatic hydroxyl groups is 1. The van der Waals surface area contributed by atoms with Gasteiger partial charge in [0.2, 0.25) is 0 Å². The Morgan fingerprint density at radius 2 is 2.19 bits per heavy atom. The highest BCUT2D eigenvalue weighted by molar-refractivity contribution is 5.93. The third-order valence-corrected chi connectivity index (χ3v) is 5.19. The van der Waals surface area contributed by atoms with E-state index in [9.17, 15) is 14.3 Å². The molecule has 2 fully saturated rings. The number of benzene rings is 1. The van der Waals surface area contributed by atoms with E-state index in [2.05, 4.69) is 10.3 Å². The summed E-state index contributed by atoms with van der Waals surface area (Å²) in [6.45, 7) is 0. The fourth-order valence-corrected chi connectivity index (χ4v) is 3.57. The monoisotopic (exact) mass is 360 g/mol. The Balaban J connectivity index is 1.63. The molecule has 1 aromatic heterocycles. The molecule has 2 aromatic rings. The highest BCUT2D eigenvalue weighted by Crippen LogP contribution is 2.43.